The summed E-state index contributed by atoms with van der Waals surface area (Å²) in [4.78, 5) is 4.18. The number of rotatable bonds is 6. The molecular weight excluding hydrogens is 214 g/mol. The summed E-state index contributed by atoms with van der Waals surface area (Å²) in [5.41, 5.74) is 1.50. The Morgan fingerprint density at radius 2 is 2.00 bits per heavy atom. The van der Waals surface area contributed by atoms with Gasteiger partial charge in [0.15, 0.2) is 0 Å². The van der Waals surface area contributed by atoms with Gasteiger partial charge in [-0.3, -0.25) is 4.98 Å². The fourth-order valence-electron chi connectivity index (χ4n) is 1.93. The van der Waals surface area contributed by atoms with Gasteiger partial charge < -0.3 is 15.7 Å². The Hall–Kier alpha value is -1.29. The second-order valence-corrected chi connectivity index (χ2v) is 4.82. The number of anilines is 2. The molecule has 2 rings (SSSR count). The summed E-state index contributed by atoms with van der Waals surface area (Å²) < 4.78 is 0. The van der Waals surface area contributed by atoms with Crippen molar-refractivity contribution < 1.29 is 5.11 Å². The second-order valence-electron chi connectivity index (χ2n) is 4.82. The first-order valence-corrected chi connectivity index (χ1v) is 6.37. The SMILES string of the molecule is CCCNc1cncc(NCC2(O)CCC2)c1. The van der Waals surface area contributed by atoms with Crippen LogP contribution in [-0.2, 0) is 0 Å². The summed E-state index contributed by atoms with van der Waals surface area (Å²) in [6, 6.07) is 2.03. The van der Waals surface area contributed by atoms with Crippen LogP contribution >= 0.6 is 0 Å². The lowest BCUT2D eigenvalue weighted by Crippen LogP contribution is -2.43. The van der Waals surface area contributed by atoms with E-state index in [0.717, 1.165) is 43.6 Å². The molecule has 1 fully saturated rings. The molecule has 0 bridgehead atoms. The molecule has 1 aromatic rings. The number of nitrogens with one attached hydrogen (secondary N) is 2. The molecule has 0 saturated heterocycles. The highest BCUT2D eigenvalue weighted by Crippen LogP contribution is 2.31. The van der Waals surface area contributed by atoms with Gasteiger partial charge >= 0.3 is 0 Å². The highest BCUT2D eigenvalue weighted by molar-refractivity contribution is 5.54. The van der Waals surface area contributed by atoms with Crippen LogP contribution in [0.15, 0.2) is 18.5 Å². The van der Waals surface area contributed by atoms with Crippen LogP contribution in [0.2, 0.25) is 0 Å². The Bertz CT molecular complexity index is 363. The van der Waals surface area contributed by atoms with E-state index in [1.807, 2.05) is 12.3 Å². The number of nitrogens with zero attached hydrogens (tertiary/aromatic N) is 1. The van der Waals surface area contributed by atoms with Crippen molar-refractivity contribution in [3.05, 3.63) is 18.5 Å². The number of aromatic nitrogens is 1. The van der Waals surface area contributed by atoms with Gasteiger partial charge in [0, 0.05) is 13.1 Å². The zero-order valence-corrected chi connectivity index (χ0v) is 10.4. The van der Waals surface area contributed by atoms with Crippen molar-refractivity contribution in [2.24, 2.45) is 0 Å². The van der Waals surface area contributed by atoms with E-state index in [1.165, 1.54) is 0 Å². The zero-order valence-electron chi connectivity index (χ0n) is 10.4. The largest absolute Gasteiger partial charge is 0.388 e. The Labute approximate surface area is 102 Å². The van der Waals surface area contributed by atoms with E-state index < -0.39 is 5.60 Å². The molecule has 1 aliphatic carbocycles. The average Bonchev–Trinajstić information content (AvgIpc) is 2.32. The minimum atomic E-state index is -0.493. The zero-order chi connectivity index (χ0) is 12.1. The van der Waals surface area contributed by atoms with Gasteiger partial charge in [0.25, 0.3) is 0 Å². The smallest absolute Gasteiger partial charge is 0.0819 e. The third kappa shape index (κ3) is 3.33. The number of aliphatic hydroxyl groups is 1. The monoisotopic (exact) mass is 235 g/mol. The molecule has 0 unspecified atom stereocenters. The van der Waals surface area contributed by atoms with Crippen LogP contribution in [-0.4, -0.2) is 28.8 Å². The fourth-order valence-corrected chi connectivity index (χ4v) is 1.93. The van der Waals surface area contributed by atoms with Crippen LogP contribution in [0.1, 0.15) is 32.6 Å². The summed E-state index contributed by atoms with van der Waals surface area (Å²) in [5.74, 6) is 0. The lowest BCUT2D eigenvalue weighted by molar-refractivity contribution is -0.0202. The van der Waals surface area contributed by atoms with Crippen LogP contribution < -0.4 is 10.6 Å². The molecule has 0 spiro atoms. The molecule has 1 aromatic heterocycles. The lowest BCUT2D eigenvalue weighted by atomic mass is 9.80. The Balaban J connectivity index is 1.87. The topological polar surface area (TPSA) is 57.2 Å². The standard InChI is InChI=1S/C13H21N3O/c1-2-6-15-11-7-12(9-14-8-11)16-10-13(17)4-3-5-13/h7-9,15-17H,2-6,10H2,1H3. The summed E-state index contributed by atoms with van der Waals surface area (Å²) in [6.45, 7) is 3.70. The normalized spacial score (nSPS) is 17.3. The van der Waals surface area contributed by atoms with Gasteiger partial charge in [0.05, 0.1) is 29.4 Å². The maximum atomic E-state index is 9.98. The van der Waals surface area contributed by atoms with Crippen molar-refractivity contribution >= 4 is 11.4 Å². The van der Waals surface area contributed by atoms with E-state index in [9.17, 15) is 5.11 Å². The molecule has 0 aromatic carbocycles. The molecule has 0 atom stereocenters. The van der Waals surface area contributed by atoms with Crippen LogP contribution in [0.5, 0.6) is 0 Å². The van der Waals surface area contributed by atoms with Gasteiger partial charge in [0.1, 0.15) is 0 Å². The molecular formula is C13H21N3O. The van der Waals surface area contributed by atoms with Gasteiger partial charge in [-0.25, -0.2) is 0 Å². The van der Waals surface area contributed by atoms with Gasteiger partial charge in [-0.1, -0.05) is 6.92 Å². The molecule has 17 heavy (non-hydrogen) atoms. The third-order valence-electron chi connectivity index (χ3n) is 3.22. The van der Waals surface area contributed by atoms with Crippen molar-refractivity contribution in [1.29, 1.82) is 0 Å². The predicted octanol–water partition coefficient (Wildman–Crippen LogP) is 2.23. The van der Waals surface area contributed by atoms with Gasteiger partial charge in [0.2, 0.25) is 0 Å². The first-order valence-electron chi connectivity index (χ1n) is 6.37. The molecule has 4 nitrogen and oxygen atoms in total. The van der Waals surface area contributed by atoms with E-state index >= 15 is 0 Å². The van der Waals surface area contributed by atoms with Gasteiger partial charge in [-0.05, 0) is 31.7 Å². The minimum absolute atomic E-state index is 0.493. The number of hydrogen-bond acceptors (Lipinski definition) is 4. The molecule has 1 heterocycles. The fraction of sp³-hybridized carbons (Fsp3) is 0.615. The molecule has 1 saturated carbocycles. The van der Waals surface area contributed by atoms with E-state index in [1.54, 1.807) is 6.20 Å². The number of pyridine rings is 1. The van der Waals surface area contributed by atoms with Gasteiger partial charge in [-0.15, -0.1) is 0 Å². The summed E-state index contributed by atoms with van der Waals surface area (Å²) in [5, 5.41) is 16.5. The summed E-state index contributed by atoms with van der Waals surface area (Å²) in [6.07, 6.45) is 7.65. The Morgan fingerprint density at radius 1 is 1.29 bits per heavy atom. The molecule has 0 amide bonds. The molecule has 1 aliphatic rings. The maximum Gasteiger partial charge on any atom is 0.0819 e. The molecule has 0 radical (unpaired) electrons. The van der Waals surface area contributed by atoms with Crippen molar-refractivity contribution in [2.75, 3.05) is 23.7 Å². The van der Waals surface area contributed by atoms with Crippen molar-refractivity contribution in [3.63, 3.8) is 0 Å². The number of hydrogen-bond donors (Lipinski definition) is 3. The Morgan fingerprint density at radius 3 is 2.59 bits per heavy atom. The van der Waals surface area contributed by atoms with Crippen LogP contribution in [0.25, 0.3) is 0 Å². The first-order chi connectivity index (χ1) is 8.22. The van der Waals surface area contributed by atoms with Gasteiger partial charge in [-0.2, -0.15) is 0 Å². The maximum absolute atomic E-state index is 9.98. The molecule has 94 valence electrons. The van der Waals surface area contributed by atoms with Crippen LogP contribution in [0, 0.1) is 0 Å². The molecule has 3 N–H and O–H groups in total. The van der Waals surface area contributed by atoms with E-state index in [0.29, 0.717) is 6.54 Å². The lowest BCUT2D eigenvalue weighted by Gasteiger charge is -2.36. The van der Waals surface area contributed by atoms with Crippen molar-refractivity contribution in [1.82, 2.24) is 4.98 Å². The predicted molar refractivity (Wildman–Crippen MR) is 70.3 cm³/mol. The summed E-state index contributed by atoms with van der Waals surface area (Å²) >= 11 is 0. The van der Waals surface area contributed by atoms with Crippen molar-refractivity contribution in [3.8, 4) is 0 Å². The van der Waals surface area contributed by atoms with E-state index in [2.05, 4.69) is 22.5 Å². The van der Waals surface area contributed by atoms with Crippen LogP contribution in [0.4, 0.5) is 11.4 Å². The molecule has 4 heteroatoms. The van der Waals surface area contributed by atoms with E-state index in [-0.39, 0.29) is 0 Å². The van der Waals surface area contributed by atoms with Crippen molar-refractivity contribution in [2.45, 2.75) is 38.2 Å². The Kier molecular flexibility index (Phi) is 3.84. The first kappa shape index (κ1) is 12.2. The third-order valence-corrected chi connectivity index (χ3v) is 3.22. The molecule has 0 aliphatic heterocycles. The quantitative estimate of drug-likeness (QED) is 0.707. The highest BCUT2D eigenvalue weighted by atomic mass is 16.3. The minimum Gasteiger partial charge on any atom is -0.388 e. The summed E-state index contributed by atoms with van der Waals surface area (Å²) in [7, 11) is 0. The average molecular weight is 235 g/mol. The van der Waals surface area contributed by atoms with Crippen LogP contribution in [0.3, 0.4) is 0 Å². The second kappa shape index (κ2) is 5.36. The highest BCUT2D eigenvalue weighted by Gasteiger charge is 2.33. The van der Waals surface area contributed by atoms with E-state index in [4.69, 9.17) is 0 Å².